The number of ether oxygens (including phenoxy) is 1. The molecule has 0 bridgehead atoms. The van der Waals surface area contributed by atoms with Gasteiger partial charge in [-0.05, 0) is 23.3 Å². The molecule has 3 N–H and O–H groups in total. The molecule has 0 aliphatic carbocycles. The number of hydrogen-bond donors (Lipinski definition) is 3. The SMILES string of the molecule is O=C(NO[C@H](Cc1ccc(O)cc1)C(=O)O)OCCc1ccccc1. The van der Waals surface area contributed by atoms with E-state index in [-0.39, 0.29) is 18.8 Å². The predicted molar refractivity (Wildman–Crippen MR) is 88.9 cm³/mol. The van der Waals surface area contributed by atoms with E-state index in [1.807, 2.05) is 35.8 Å². The van der Waals surface area contributed by atoms with E-state index in [4.69, 9.17) is 14.7 Å². The van der Waals surface area contributed by atoms with E-state index in [0.29, 0.717) is 12.0 Å². The van der Waals surface area contributed by atoms with E-state index >= 15 is 0 Å². The standard InChI is InChI=1S/C18H19NO6/c20-15-8-6-14(7-9-15)12-16(17(21)22)25-19-18(23)24-11-10-13-4-2-1-3-5-13/h1-9,16,20H,10-12H2,(H,19,23)(H,21,22)/t16-/m1/s1. The molecule has 0 saturated heterocycles. The van der Waals surface area contributed by atoms with Crippen molar-refractivity contribution >= 4 is 12.1 Å². The van der Waals surface area contributed by atoms with Crippen LogP contribution in [-0.4, -0.2) is 35.0 Å². The zero-order valence-corrected chi connectivity index (χ0v) is 13.4. The van der Waals surface area contributed by atoms with E-state index in [0.717, 1.165) is 5.56 Å². The number of benzene rings is 2. The van der Waals surface area contributed by atoms with Crippen molar-refractivity contribution in [1.29, 1.82) is 0 Å². The number of hydrogen-bond acceptors (Lipinski definition) is 5. The molecule has 25 heavy (non-hydrogen) atoms. The third-order valence-electron chi connectivity index (χ3n) is 3.38. The monoisotopic (exact) mass is 345 g/mol. The van der Waals surface area contributed by atoms with Gasteiger partial charge in [0.15, 0.2) is 6.10 Å². The number of carboxylic acids is 1. The number of carboxylic acid groups (broad SMARTS) is 1. The number of phenols is 1. The predicted octanol–water partition coefficient (Wildman–Crippen LogP) is 2.29. The fourth-order valence-electron chi connectivity index (χ4n) is 2.08. The highest BCUT2D eigenvalue weighted by atomic mass is 16.7. The van der Waals surface area contributed by atoms with Gasteiger partial charge in [0, 0.05) is 12.8 Å². The van der Waals surface area contributed by atoms with Crippen LogP contribution in [0.1, 0.15) is 11.1 Å². The molecular formula is C18H19NO6. The summed E-state index contributed by atoms with van der Waals surface area (Å²) in [5, 5.41) is 18.4. The van der Waals surface area contributed by atoms with Gasteiger partial charge in [0.25, 0.3) is 0 Å². The molecule has 0 aliphatic rings. The smallest absolute Gasteiger partial charge is 0.431 e. The van der Waals surface area contributed by atoms with Crippen molar-refractivity contribution in [1.82, 2.24) is 5.48 Å². The Kier molecular flexibility index (Phi) is 6.79. The summed E-state index contributed by atoms with van der Waals surface area (Å²) >= 11 is 0. The molecule has 0 fully saturated rings. The Balaban J connectivity index is 1.75. The van der Waals surface area contributed by atoms with E-state index in [1.54, 1.807) is 12.1 Å². The average Bonchev–Trinajstić information content (AvgIpc) is 2.61. The molecule has 2 aromatic carbocycles. The number of carbonyl (C=O) groups is 2. The van der Waals surface area contributed by atoms with Crippen molar-refractivity contribution in [2.45, 2.75) is 18.9 Å². The number of rotatable bonds is 8. The molecule has 7 nitrogen and oxygen atoms in total. The van der Waals surface area contributed by atoms with Gasteiger partial charge in [0.1, 0.15) is 5.75 Å². The Bertz CT molecular complexity index is 686. The summed E-state index contributed by atoms with van der Waals surface area (Å²) in [7, 11) is 0. The minimum absolute atomic E-state index is 0.0277. The molecule has 2 aromatic rings. The van der Waals surface area contributed by atoms with E-state index in [2.05, 4.69) is 0 Å². The summed E-state index contributed by atoms with van der Waals surface area (Å²) in [4.78, 5) is 27.7. The number of hydroxylamine groups is 1. The van der Waals surface area contributed by atoms with Crippen LogP contribution in [0.5, 0.6) is 5.75 Å². The minimum Gasteiger partial charge on any atom is -0.508 e. The average molecular weight is 345 g/mol. The number of nitrogens with one attached hydrogen (secondary N) is 1. The molecule has 0 aliphatic heterocycles. The van der Waals surface area contributed by atoms with Crippen molar-refractivity contribution in [2.75, 3.05) is 6.61 Å². The topological polar surface area (TPSA) is 105 Å². The maximum Gasteiger partial charge on any atom is 0.431 e. The molecule has 1 amide bonds. The molecule has 0 unspecified atom stereocenters. The van der Waals surface area contributed by atoms with Gasteiger partial charge in [0.05, 0.1) is 6.61 Å². The summed E-state index contributed by atoms with van der Waals surface area (Å²) in [5.74, 6) is -1.14. The van der Waals surface area contributed by atoms with Crippen LogP contribution in [0.4, 0.5) is 4.79 Å². The van der Waals surface area contributed by atoms with Gasteiger partial charge in [-0.2, -0.15) is 5.48 Å². The fraction of sp³-hybridized carbons (Fsp3) is 0.222. The van der Waals surface area contributed by atoms with Gasteiger partial charge in [-0.1, -0.05) is 42.5 Å². The van der Waals surface area contributed by atoms with Crippen LogP contribution in [-0.2, 0) is 27.2 Å². The molecule has 1 atom stereocenters. The summed E-state index contributed by atoms with van der Waals surface area (Å²) in [6.45, 7) is 0.148. The van der Waals surface area contributed by atoms with Crippen LogP contribution in [0, 0.1) is 0 Å². The number of aliphatic carboxylic acids is 1. The second kappa shape index (κ2) is 9.29. The lowest BCUT2D eigenvalue weighted by atomic mass is 10.1. The first-order valence-corrected chi connectivity index (χ1v) is 7.67. The summed E-state index contributed by atoms with van der Waals surface area (Å²) in [5.41, 5.74) is 3.65. The van der Waals surface area contributed by atoms with Crippen molar-refractivity contribution in [2.24, 2.45) is 0 Å². The van der Waals surface area contributed by atoms with Gasteiger partial charge in [-0.15, -0.1) is 0 Å². The molecule has 0 radical (unpaired) electrons. The molecule has 0 heterocycles. The second-order valence-electron chi connectivity index (χ2n) is 5.29. The minimum atomic E-state index is -1.27. The lowest BCUT2D eigenvalue weighted by Crippen LogP contribution is -2.36. The van der Waals surface area contributed by atoms with Gasteiger partial charge < -0.3 is 14.9 Å². The van der Waals surface area contributed by atoms with Crippen molar-refractivity contribution in [3.63, 3.8) is 0 Å². The largest absolute Gasteiger partial charge is 0.508 e. The molecule has 0 spiro atoms. The van der Waals surface area contributed by atoms with Gasteiger partial charge >= 0.3 is 12.1 Å². The van der Waals surface area contributed by atoms with Crippen LogP contribution in [0.3, 0.4) is 0 Å². The lowest BCUT2D eigenvalue weighted by Gasteiger charge is -2.14. The van der Waals surface area contributed by atoms with E-state index in [1.165, 1.54) is 12.1 Å². The summed E-state index contributed by atoms with van der Waals surface area (Å²) < 4.78 is 4.94. The molecule has 132 valence electrons. The Morgan fingerprint density at radius 3 is 2.32 bits per heavy atom. The first-order valence-electron chi connectivity index (χ1n) is 7.67. The summed E-state index contributed by atoms with van der Waals surface area (Å²) in [6.07, 6.45) is -1.55. The molecule has 0 aromatic heterocycles. The fourth-order valence-corrected chi connectivity index (χ4v) is 2.08. The highest BCUT2D eigenvalue weighted by Gasteiger charge is 2.21. The summed E-state index contributed by atoms with van der Waals surface area (Å²) in [6, 6.07) is 15.5. The molecule has 0 saturated carbocycles. The number of carbonyl (C=O) groups excluding carboxylic acids is 1. The van der Waals surface area contributed by atoms with Crippen LogP contribution in [0.2, 0.25) is 0 Å². The highest BCUT2D eigenvalue weighted by molar-refractivity contribution is 5.73. The molecule has 7 heteroatoms. The van der Waals surface area contributed by atoms with Crippen LogP contribution in [0.15, 0.2) is 54.6 Å². The van der Waals surface area contributed by atoms with E-state index in [9.17, 15) is 14.7 Å². The molecular weight excluding hydrogens is 326 g/mol. The van der Waals surface area contributed by atoms with Crippen LogP contribution >= 0.6 is 0 Å². The third kappa shape index (κ3) is 6.52. The highest BCUT2D eigenvalue weighted by Crippen LogP contribution is 2.12. The number of aromatic hydroxyl groups is 1. The zero-order valence-electron chi connectivity index (χ0n) is 13.4. The first kappa shape index (κ1) is 18.3. The van der Waals surface area contributed by atoms with Gasteiger partial charge in [-0.3, -0.25) is 4.84 Å². The third-order valence-corrected chi connectivity index (χ3v) is 3.38. The van der Waals surface area contributed by atoms with Crippen molar-refractivity contribution in [3.8, 4) is 5.75 Å². The Labute approximate surface area is 144 Å². The van der Waals surface area contributed by atoms with Crippen molar-refractivity contribution in [3.05, 3.63) is 65.7 Å². The van der Waals surface area contributed by atoms with Gasteiger partial charge in [0.2, 0.25) is 0 Å². The maximum atomic E-state index is 11.6. The maximum absolute atomic E-state index is 11.6. The van der Waals surface area contributed by atoms with Crippen LogP contribution < -0.4 is 5.48 Å². The Morgan fingerprint density at radius 2 is 1.68 bits per heavy atom. The zero-order chi connectivity index (χ0) is 18.1. The Morgan fingerprint density at radius 1 is 1.00 bits per heavy atom. The normalized spacial score (nSPS) is 11.5. The Hall–Kier alpha value is -3.06. The van der Waals surface area contributed by atoms with Gasteiger partial charge in [-0.25, -0.2) is 9.59 Å². The number of phenolic OH excluding ortho intramolecular Hbond substituents is 1. The second-order valence-corrected chi connectivity index (χ2v) is 5.29. The van der Waals surface area contributed by atoms with Crippen molar-refractivity contribution < 1.29 is 29.4 Å². The van der Waals surface area contributed by atoms with E-state index < -0.39 is 18.2 Å². The number of amides is 1. The lowest BCUT2D eigenvalue weighted by molar-refractivity contribution is -0.154. The first-order chi connectivity index (χ1) is 12.0. The van der Waals surface area contributed by atoms with Crippen LogP contribution in [0.25, 0.3) is 0 Å². The molecule has 2 rings (SSSR count). The quantitative estimate of drug-likeness (QED) is 0.634.